The Morgan fingerprint density at radius 1 is 1.37 bits per heavy atom. The third-order valence-corrected chi connectivity index (χ3v) is 3.10. The molecule has 0 radical (unpaired) electrons. The van der Waals surface area contributed by atoms with Crippen molar-refractivity contribution in [3.63, 3.8) is 0 Å². The molecule has 19 heavy (non-hydrogen) atoms. The lowest BCUT2D eigenvalue weighted by molar-refractivity contribution is -0.141. The maximum Gasteiger partial charge on any atom is 0.163 e. The smallest absolute Gasteiger partial charge is 0.163 e. The first-order chi connectivity index (χ1) is 8.91. The first-order valence-electron chi connectivity index (χ1n) is 6.42. The minimum absolute atomic E-state index is 0.0560. The van der Waals surface area contributed by atoms with E-state index in [1.54, 1.807) is 0 Å². The lowest BCUT2D eigenvalue weighted by atomic mass is 10.1. The molecule has 1 saturated heterocycles. The van der Waals surface area contributed by atoms with Crippen LogP contribution < -0.4 is 4.74 Å². The SMILES string of the molecule is Cc1cc(C=O)cc(C)c1OCC1COC(C)(C)O1. The molecule has 1 aliphatic rings. The molecule has 0 saturated carbocycles. The van der Waals surface area contributed by atoms with E-state index in [9.17, 15) is 4.79 Å². The first-order valence-corrected chi connectivity index (χ1v) is 6.42. The third-order valence-electron chi connectivity index (χ3n) is 3.10. The molecule has 104 valence electrons. The largest absolute Gasteiger partial charge is 0.490 e. The molecule has 1 fully saturated rings. The van der Waals surface area contributed by atoms with Gasteiger partial charge >= 0.3 is 0 Å². The fourth-order valence-corrected chi connectivity index (χ4v) is 2.30. The predicted molar refractivity (Wildman–Crippen MR) is 71.7 cm³/mol. The summed E-state index contributed by atoms with van der Waals surface area (Å²) in [6, 6.07) is 3.65. The van der Waals surface area contributed by atoms with E-state index in [1.807, 2.05) is 39.8 Å². The maximum atomic E-state index is 10.8. The van der Waals surface area contributed by atoms with Crippen molar-refractivity contribution in [2.24, 2.45) is 0 Å². The quantitative estimate of drug-likeness (QED) is 0.784. The highest BCUT2D eigenvalue weighted by atomic mass is 16.7. The van der Waals surface area contributed by atoms with E-state index in [1.165, 1.54) is 0 Å². The lowest BCUT2D eigenvalue weighted by Gasteiger charge is -2.18. The van der Waals surface area contributed by atoms with Crippen molar-refractivity contribution in [3.05, 3.63) is 28.8 Å². The Morgan fingerprint density at radius 3 is 2.47 bits per heavy atom. The average molecular weight is 264 g/mol. The lowest BCUT2D eigenvalue weighted by Crippen LogP contribution is -2.25. The van der Waals surface area contributed by atoms with Crippen LogP contribution in [0.3, 0.4) is 0 Å². The molecular weight excluding hydrogens is 244 g/mol. The summed E-state index contributed by atoms with van der Waals surface area (Å²) in [7, 11) is 0. The highest BCUT2D eigenvalue weighted by molar-refractivity contribution is 5.76. The highest BCUT2D eigenvalue weighted by Crippen LogP contribution is 2.27. The van der Waals surface area contributed by atoms with Crippen LogP contribution in [0, 0.1) is 13.8 Å². The van der Waals surface area contributed by atoms with Crippen molar-refractivity contribution in [3.8, 4) is 5.75 Å². The molecule has 4 heteroatoms. The van der Waals surface area contributed by atoms with E-state index in [0.29, 0.717) is 18.8 Å². The van der Waals surface area contributed by atoms with Crippen LogP contribution in [0.4, 0.5) is 0 Å². The Hall–Kier alpha value is -1.39. The van der Waals surface area contributed by atoms with Crippen LogP contribution in [-0.2, 0) is 9.47 Å². The van der Waals surface area contributed by atoms with Gasteiger partial charge < -0.3 is 14.2 Å². The summed E-state index contributed by atoms with van der Waals surface area (Å²) in [5.74, 6) is 0.290. The Labute approximate surface area is 113 Å². The summed E-state index contributed by atoms with van der Waals surface area (Å²) >= 11 is 0. The van der Waals surface area contributed by atoms with E-state index in [-0.39, 0.29) is 6.10 Å². The Balaban J connectivity index is 2.02. The second kappa shape index (κ2) is 5.31. The van der Waals surface area contributed by atoms with E-state index in [0.717, 1.165) is 23.2 Å². The molecule has 4 nitrogen and oxygen atoms in total. The Morgan fingerprint density at radius 2 is 2.00 bits per heavy atom. The zero-order valence-electron chi connectivity index (χ0n) is 11.9. The number of ether oxygens (including phenoxy) is 3. The second-order valence-electron chi connectivity index (χ2n) is 5.36. The molecule has 0 aromatic heterocycles. The topological polar surface area (TPSA) is 44.8 Å². The normalized spacial score (nSPS) is 21.4. The summed E-state index contributed by atoms with van der Waals surface area (Å²) in [6.45, 7) is 8.64. The summed E-state index contributed by atoms with van der Waals surface area (Å²) in [5.41, 5.74) is 2.59. The van der Waals surface area contributed by atoms with Crippen LogP contribution in [-0.4, -0.2) is 31.4 Å². The predicted octanol–water partition coefficient (Wildman–Crippen LogP) is 2.65. The number of carbonyl (C=O) groups is 1. The fraction of sp³-hybridized carbons (Fsp3) is 0.533. The van der Waals surface area contributed by atoms with E-state index in [4.69, 9.17) is 14.2 Å². The summed E-state index contributed by atoms with van der Waals surface area (Å²) in [5, 5.41) is 0. The van der Waals surface area contributed by atoms with Gasteiger partial charge in [0, 0.05) is 5.56 Å². The third kappa shape index (κ3) is 3.33. The minimum atomic E-state index is -0.528. The van der Waals surface area contributed by atoms with Gasteiger partial charge in [0.15, 0.2) is 5.79 Å². The van der Waals surface area contributed by atoms with Gasteiger partial charge in [-0.2, -0.15) is 0 Å². The molecule has 1 heterocycles. The van der Waals surface area contributed by atoms with Gasteiger partial charge in [0.05, 0.1) is 6.61 Å². The second-order valence-corrected chi connectivity index (χ2v) is 5.36. The molecule has 1 unspecified atom stereocenters. The van der Waals surface area contributed by atoms with Crippen LogP contribution >= 0.6 is 0 Å². The van der Waals surface area contributed by atoms with Crippen molar-refractivity contribution >= 4 is 6.29 Å². The Bertz CT molecular complexity index is 456. The van der Waals surface area contributed by atoms with Crippen LogP contribution in [0.5, 0.6) is 5.75 Å². The average Bonchev–Trinajstić information content (AvgIpc) is 2.67. The zero-order valence-corrected chi connectivity index (χ0v) is 11.9. The molecule has 0 N–H and O–H groups in total. The molecule has 1 aliphatic heterocycles. The van der Waals surface area contributed by atoms with Crippen molar-refractivity contribution in [1.29, 1.82) is 0 Å². The molecule has 2 rings (SSSR count). The number of benzene rings is 1. The van der Waals surface area contributed by atoms with Gasteiger partial charge in [-0.3, -0.25) is 4.79 Å². The molecule has 1 aromatic carbocycles. The van der Waals surface area contributed by atoms with Crippen molar-refractivity contribution in [2.75, 3.05) is 13.2 Å². The van der Waals surface area contributed by atoms with Gasteiger partial charge in [-0.1, -0.05) is 0 Å². The Kier molecular flexibility index (Phi) is 3.92. The van der Waals surface area contributed by atoms with Crippen LogP contribution in [0.1, 0.15) is 35.3 Å². The van der Waals surface area contributed by atoms with Gasteiger partial charge in [0.25, 0.3) is 0 Å². The molecule has 1 atom stereocenters. The van der Waals surface area contributed by atoms with Crippen LogP contribution in [0.15, 0.2) is 12.1 Å². The van der Waals surface area contributed by atoms with Crippen molar-refractivity contribution in [1.82, 2.24) is 0 Å². The highest BCUT2D eigenvalue weighted by Gasteiger charge is 2.33. The van der Waals surface area contributed by atoms with Gasteiger partial charge in [0.1, 0.15) is 24.7 Å². The number of hydrogen-bond acceptors (Lipinski definition) is 4. The number of hydrogen-bond donors (Lipinski definition) is 0. The van der Waals surface area contributed by atoms with Crippen LogP contribution in [0.2, 0.25) is 0 Å². The summed E-state index contributed by atoms with van der Waals surface area (Å²) < 4.78 is 17.0. The number of rotatable bonds is 4. The van der Waals surface area contributed by atoms with Crippen LogP contribution in [0.25, 0.3) is 0 Å². The van der Waals surface area contributed by atoms with Crippen molar-refractivity contribution < 1.29 is 19.0 Å². The summed E-state index contributed by atoms with van der Waals surface area (Å²) in [6.07, 6.45) is 0.791. The van der Waals surface area contributed by atoms with Gasteiger partial charge in [-0.05, 0) is 51.0 Å². The molecule has 0 bridgehead atoms. The van der Waals surface area contributed by atoms with Gasteiger partial charge in [-0.25, -0.2) is 0 Å². The monoisotopic (exact) mass is 264 g/mol. The minimum Gasteiger partial charge on any atom is -0.490 e. The number of aryl methyl sites for hydroxylation is 2. The number of carbonyl (C=O) groups excluding carboxylic acids is 1. The standard InChI is InChI=1S/C15H20O4/c1-10-5-12(7-16)6-11(2)14(10)17-8-13-9-18-15(3,4)19-13/h5-7,13H,8-9H2,1-4H3. The van der Waals surface area contributed by atoms with E-state index >= 15 is 0 Å². The molecule has 0 spiro atoms. The maximum absolute atomic E-state index is 10.8. The number of aldehydes is 1. The summed E-state index contributed by atoms with van der Waals surface area (Å²) in [4.78, 5) is 10.8. The van der Waals surface area contributed by atoms with Gasteiger partial charge in [-0.15, -0.1) is 0 Å². The fourth-order valence-electron chi connectivity index (χ4n) is 2.30. The zero-order chi connectivity index (χ0) is 14.0. The van der Waals surface area contributed by atoms with E-state index < -0.39 is 5.79 Å². The first kappa shape index (κ1) is 14.0. The molecule has 1 aromatic rings. The molecule has 0 aliphatic carbocycles. The van der Waals surface area contributed by atoms with Gasteiger partial charge in [0.2, 0.25) is 0 Å². The van der Waals surface area contributed by atoms with E-state index in [2.05, 4.69) is 0 Å². The molecular formula is C15H20O4. The molecule has 0 amide bonds. The van der Waals surface area contributed by atoms with Crippen molar-refractivity contribution in [2.45, 2.75) is 39.6 Å².